The minimum atomic E-state index is -4.72. The smallest absolute Gasteiger partial charge is 0.317 e. The van der Waals surface area contributed by atoms with Gasteiger partial charge in [0.05, 0.1) is 5.88 Å². The van der Waals surface area contributed by atoms with Gasteiger partial charge in [-0.2, -0.15) is 23.1 Å². The molecule has 1 aliphatic heterocycles. The van der Waals surface area contributed by atoms with Gasteiger partial charge in [-0.15, -0.1) is 16.9 Å². The summed E-state index contributed by atoms with van der Waals surface area (Å²) in [6.45, 7) is 1.51. The number of amides is 2. The van der Waals surface area contributed by atoms with Gasteiger partial charge >= 0.3 is 6.18 Å². The molecule has 0 bridgehead atoms. The van der Waals surface area contributed by atoms with Crippen LogP contribution in [0.2, 0.25) is 5.02 Å². The second kappa shape index (κ2) is 8.00. The number of hydrogen-bond acceptors (Lipinski definition) is 6. The highest BCUT2D eigenvalue weighted by Gasteiger charge is 2.37. The van der Waals surface area contributed by atoms with Crippen molar-refractivity contribution >= 4 is 46.8 Å². The first-order valence-electron chi connectivity index (χ1n) is 8.90. The molecule has 1 N–H and O–H groups in total. The van der Waals surface area contributed by atoms with Crippen LogP contribution in [0.4, 0.5) is 19.0 Å². The molecule has 1 saturated heterocycles. The standard InChI is InChI=1S/C18H14ClF3N6O2S/c1-9-6-13(24-17-25-16(18(20,21)22)26-28(9)17)23-14(29)12-7-31-8-27(12)15(30)10-2-4-11(19)5-3-10/h2-6,12H,7-8H2,1H3,(H,23,24,25,26,29). The summed E-state index contributed by atoms with van der Waals surface area (Å²) >= 11 is 7.27. The fourth-order valence-corrected chi connectivity index (χ4v) is 4.30. The fraction of sp³-hybridized carbons (Fsp3) is 0.278. The average molecular weight is 471 g/mol. The number of carbonyl (C=O) groups is 2. The molecule has 31 heavy (non-hydrogen) atoms. The van der Waals surface area contributed by atoms with E-state index in [0.29, 0.717) is 27.9 Å². The van der Waals surface area contributed by atoms with Gasteiger partial charge in [-0.3, -0.25) is 9.59 Å². The molecule has 0 radical (unpaired) electrons. The van der Waals surface area contributed by atoms with E-state index in [0.717, 1.165) is 4.52 Å². The summed E-state index contributed by atoms with van der Waals surface area (Å²) in [5, 5.41) is 6.45. The van der Waals surface area contributed by atoms with E-state index in [1.165, 1.54) is 29.7 Å². The zero-order chi connectivity index (χ0) is 22.3. The highest BCUT2D eigenvalue weighted by Crippen LogP contribution is 2.27. The van der Waals surface area contributed by atoms with Gasteiger partial charge in [0.1, 0.15) is 11.9 Å². The second-order valence-electron chi connectivity index (χ2n) is 6.71. The number of benzene rings is 1. The molecule has 2 amide bonds. The molecule has 1 atom stereocenters. The topological polar surface area (TPSA) is 92.5 Å². The Kier molecular flexibility index (Phi) is 5.52. The molecular weight excluding hydrogens is 457 g/mol. The second-order valence-corrected chi connectivity index (χ2v) is 8.15. The number of rotatable bonds is 3. The Bertz CT molecular complexity index is 1170. The van der Waals surface area contributed by atoms with Crippen LogP contribution in [0.5, 0.6) is 0 Å². The van der Waals surface area contributed by atoms with Gasteiger partial charge in [-0.05, 0) is 31.2 Å². The Balaban J connectivity index is 1.55. The van der Waals surface area contributed by atoms with E-state index >= 15 is 0 Å². The average Bonchev–Trinajstić information content (AvgIpc) is 3.35. The van der Waals surface area contributed by atoms with Crippen molar-refractivity contribution in [3.63, 3.8) is 0 Å². The number of halogens is 4. The molecule has 0 spiro atoms. The predicted molar refractivity (Wildman–Crippen MR) is 108 cm³/mol. The number of carbonyl (C=O) groups excluding carboxylic acids is 2. The predicted octanol–water partition coefficient (Wildman–Crippen LogP) is 3.26. The molecule has 13 heteroatoms. The first kappa shape index (κ1) is 21.4. The minimum absolute atomic E-state index is 0.0203. The van der Waals surface area contributed by atoms with Crippen molar-refractivity contribution < 1.29 is 22.8 Å². The van der Waals surface area contributed by atoms with Gasteiger partial charge in [0, 0.05) is 28.1 Å². The van der Waals surface area contributed by atoms with E-state index in [1.54, 1.807) is 24.3 Å². The van der Waals surface area contributed by atoms with Gasteiger partial charge in [0.25, 0.3) is 17.5 Å². The van der Waals surface area contributed by atoms with Gasteiger partial charge in [-0.25, -0.2) is 4.52 Å². The number of nitrogens with one attached hydrogen (secondary N) is 1. The third-order valence-electron chi connectivity index (χ3n) is 4.53. The highest BCUT2D eigenvalue weighted by atomic mass is 35.5. The lowest BCUT2D eigenvalue weighted by molar-refractivity contribution is -0.144. The van der Waals surface area contributed by atoms with Crippen molar-refractivity contribution in [3.8, 4) is 0 Å². The summed E-state index contributed by atoms with van der Waals surface area (Å²) < 4.78 is 39.6. The number of thioether (sulfide) groups is 1. The Morgan fingerprint density at radius 2 is 1.94 bits per heavy atom. The first-order valence-corrected chi connectivity index (χ1v) is 10.4. The molecule has 1 unspecified atom stereocenters. The van der Waals surface area contributed by atoms with Gasteiger partial charge in [0.2, 0.25) is 5.91 Å². The molecule has 162 valence electrons. The van der Waals surface area contributed by atoms with Crippen molar-refractivity contribution in [2.75, 3.05) is 16.9 Å². The van der Waals surface area contributed by atoms with Crippen LogP contribution in [0.15, 0.2) is 30.3 Å². The zero-order valence-corrected chi connectivity index (χ0v) is 17.4. The maximum Gasteiger partial charge on any atom is 0.453 e. The molecule has 0 aliphatic carbocycles. The number of hydrogen-bond donors (Lipinski definition) is 1. The number of alkyl halides is 3. The van der Waals surface area contributed by atoms with Crippen LogP contribution in [0.3, 0.4) is 0 Å². The number of nitrogens with zero attached hydrogens (tertiary/aromatic N) is 5. The van der Waals surface area contributed by atoms with Crippen LogP contribution >= 0.6 is 23.4 Å². The third-order valence-corrected chi connectivity index (χ3v) is 5.80. The van der Waals surface area contributed by atoms with Gasteiger partial charge < -0.3 is 10.2 Å². The molecular formula is C18H14ClF3N6O2S. The minimum Gasteiger partial charge on any atom is -0.317 e. The lowest BCUT2D eigenvalue weighted by Gasteiger charge is -2.23. The number of aromatic nitrogens is 4. The molecule has 1 fully saturated rings. The van der Waals surface area contributed by atoms with Crippen molar-refractivity contribution in [2.45, 2.75) is 19.1 Å². The number of anilines is 1. The fourth-order valence-electron chi connectivity index (χ4n) is 3.02. The van der Waals surface area contributed by atoms with E-state index in [2.05, 4.69) is 20.4 Å². The summed E-state index contributed by atoms with van der Waals surface area (Å²) in [4.78, 5) is 34.4. The van der Waals surface area contributed by atoms with Crippen LogP contribution in [0.1, 0.15) is 21.9 Å². The molecule has 1 aromatic carbocycles. The summed E-state index contributed by atoms with van der Waals surface area (Å²) in [6, 6.07) is 6.93. The normalized spacial score (nSPS) is 16.7. The molecule has 8 nitrogen and oxygen atoms in total. The lowest BCUT2D eigenvalue weighted by Crippen LogP contribution is -2.44. The summed E-state index contributed by atoms with van der Waals surface area (Å²) in [7, 11) is 0. The molecule has 1 aliphatic rings. The Morgan fingerprint density at radius 1 is 1.23 bits per heavy atom. The molecule has 2 aromatic heterocycles. The van der Waals surface area contributed by atoms with Crippen molar-refractivity contribution in [1.29, 1.82) is 0 Å². The highest BCUT2D eigenvalue weighted by molar-refractivity contribution is 7.99. The Hall–Kier alpha value is -2.86. The largest absolute Gasteiger partial charge is 0.453 e. The molecule has 4 rings (SSSR count). The zero-order valence-electron chi connectivity index (χ0n) is 15.9. The maximum absolute atomic E-state index is 12.9. The third kappa shape index (κ3) is 4.30. The van der Waals surface area contributed by atoms with Gasteiger partial charge in [-0.1, -0.05) is 11.6 Å². The molecule has 3 heterocycles. The summed E-state index contributed by atoms with van der Waals surface area (Å²) in [6.07, 6.45) is -4.72. The molecule has 3 aromatic rings. The van der Waals surface area contributed by atoms with Crippen molar-refractivity contribution in [2.24, 2.45) is 0 Å². The van der Waals surface area contributed by atoms with Crippen LogP contribution in [-0.2, 0) is 11.0 Å². The van der Waals surface area contributed by atoms with E-state index < -0.39 is 23.9 Å². The van der Waals surface area contributed by atoms with E-state index in [-0.39, 0.29) is 17.5 Å². The lowest BCUT2D eigenvalue weighted by atomic mass is 10.1. The number of aryl methyl sites for hydroxylation is 1. The van der Waals surface area contributed by atoms with Crippen LogP contribution in [-0.4, -0.2) is 54.0 Å². The first-order chi connectivity index (χ1) is 14.6. The van der Waals surface area contributed by atoms with Crippen LogP contribution in [0, 0.1) is 6.92 Å². The number of fused-ring (bicyclic) bond motifs is 1. The van der Waals surface area contributed by atoms with Crippen LogP contribution in [0.25, 0.3) is 5.78 Å². The quantitative estimate of drug-likeness (QED) is 0.631. The maximum atomic E-state index is 12.9. The summed E-state index contributed by atoms with van der Waals surface area (Å²) in [5.74, 6) is -1.73. The van der Waals surface area contributed by atoms with Crippen LogP contribution < -0.4 is 5.32 Å². The van der Waals surface area contributed by atoms with Gasteiger partial charge in [0.15, 0.2) is 0 Å². The van der Waals surface area contributed by atoms with Crippen molar-refractivity contribution in [3.05, 3.63) is 52.4 Å². The summed E-state index contributed by atoms with van der Waals surface area (Å²) in [5.41, 5.74) is 0.696. The SMILES string of the molecule is Cc1cc(NC(=O)C2CSCN2C(=O)c2ccc(Cl)cc2)nc2nc(C(F)(F)F)nn12. The van der Waals surface area contributed by atoms with E-state index in [4.69, 9.17) is 11.6 Å². The van der Waals surface area contributed by atoms with E-state index in [1.807, 2.05) is 0 Å². The Morgan fingerprint density at radius 3 is 2.61 bits per heavy atom. The monoisotopic (exact) mass is 470 g/mol. The molecule has 0 saturated carbocycles. The van der Waals surface area contributed by atoms with E-state index in [9.17, 15) is 22.8 Å². The Labute approximate surface area is 182 Å². The van der Waals surface area contributed by atoms with Crippen molar-refractivity contribution in [1.82, 2.24) is 24.5 Å².